The smallest absolute Gasteiger partial charge is 0.330 e. The number of halogens is 1. The second kappa shape index (κ2) is 3.94. The molecule has 0 aliphatic rings. The van der Waals surface area contributed by atoms with Crippen molar-refractivity contribution < 1.29 is 14.0 Å². The molecular formula is C6H6BrN3O3. The molecule has 1 rings (SSSR count). The van der Waals surface area contributed by atoms with Gasteiger partial charge in [0.15, 0.2) is 4.67 Å². The van der Waals surface area contributed by atoms with Crippen molar-refractivity contribution in [3.8, 4) is 0 Å². The van der Waals surface area contributed by atoms with E-state index in [1.165, 1.54) is 12.3 Å². The molecule has 1 heterocycles. The van der Waals surface area contributed by atoms with E-state index in [4.69, 9.17) is 10.2 Å². The molecule has 3 amide bonds. The molecule has 4 N–H and O–H groups in total. The van der Waals surface area contributed by atoms with Crippen LogP contribution >= 0.6 is 15.9 Å². The van der Waals surface area contributed by atoms with Crippen LogP contribution in [0.2, 0.25) is 0 Å². The number of carbonyl (C=O) groups is 2. The van der Waals surface area contributed by atoms with Crippen LogP contribution in [0.25, 0.3) is 0 Å². The van der Waals surface area contributed by atoms with Gasteiger partial charge in [-0.15, -0.1) is 0 Å². The Kier molecular flexibility index (Phi) is 2.91. The lowest BCUT2D eigenvalue weighted by atomic mass is 10.3. The predicted molar refractivity (Wildman–Crippen MR) is 46.6 cm³/mol. The van der Waals surface area contributed by atoms with Crippen LogP contribution < -0.4 is 16.6 Å². The summed E-state index contributed by atoms with van der Waals surface area (Å²) in [6.45, 7) is 0. The third-order valence-electron chi connectivity index (χ3n) is 1.13. The first-order chi connectivity index (χ1) is 6.09. The van der Waals surface area contributed by atoms with Gasteiger partial charge in [-0.1, -0.05) is 0 Å². The summed E-state index contributed by atoms with van der Waals surface area (Å²) in [5.41, 5.74) is 9.01. The maximum atomic E-state index is 11.1. The fourth-order valence-electron chi connectivity index (χ4n) is 0.620. The van der Waals surface area contributed by atoms with Crippen LogP contribution in [0.1, 0.15) is 10.4 Å². The van der Waals surface area contributed by atoms with Gasteiger partial charge in [0.25, 0.3) is 5.91 Å². The van der Waals surface area contributed by atoms with Gasteiger partial charge in [-0.25, -0.2) is 10.2 Å². The number of furan rings is 1. The molecule has 6 nitrogen and oxygen atoms in total. The van der Waals surface area contributed by atoms with Crippen LogP contribution in [0.5, 0.6) is 0 Å². The third-order valence-corrected chi connectivity index (χ3v) is 1.54. The number of urea groups is 1. The number of primary amides is 1. The minimum absolute atomic E-state index is 0.278. The highest BCUT2D eigenvalue weighted by molar-refractivity contribution is 9.10. The molecule has 7 heteroatoms. The molecule has 0 spiro atoms. The van der Waals surface area contributed by atoms with Crippen molar-refractivity contribution in [2.24, 2.45) is 5.73 Å². The average molecular weight is 248 g/mol. The number of hydrogen-bond acceptors (Lipinski definition) is 3. The lowest BCUT2D eigenvalue weighted by Crippen LogP contribution is -2.44. The van der Waals surface area contributed by atoms with Crippen LogP contribution in [0.3, 0.4) is 0 Å². The molecule has 0 saturated heterocycles. The van der Waals surface area contributed by atoms with Crippen molar-refractivity contribution in [3.63, 3.8) is 0 Å². The van der Waals surface area contributed by atoms with E-state index < -0.39 is 11.9 Å². The van der Waals surface area contributed by atoms with E-state index in [0.717, 1.165) is 0 Å². The van der Waals surface area contributed by atoms with Crippen molar-refractivity contribution >= 4 is 27.9 Å². The minimum Gasteiger partial charge on any atom is -0.457 e. The number of hydrogen-bond donors (Lipinski definition) is 3. The molecule has 0 saturated carbocycles. The monoisotopic (exact) mass is 247 g/mol. The lowest BCUT2D eigenvalue weighted by Gasteiger charge is -2.00. The van der Waals surface area contributed by atoms with Crippen molar-refractivity contribution in [3.05, 3.63) is 22.6 Å². The summed E-state index contributed by atoms with van der Waals surface area (Å²) in [4.78, 5) is 21.3. The Bertz CT molecular complexity index is 336. The average Bonchev–Trinajstić information content (AvgIpc) is 2.47. The Morgan fingerprint density at radius 2 is 2.15 bits per heavy atom. The summed E-state index contributed by atoms with van der Waals surface area (Å²) < 4.78 is 5.23. The zero-order valence-corrected chi connectivity index (χ0v) is 7.92. The van der Waals surface area contributed by atoms with Gasteiger partial charge in [-0.2, -0.15) is 0 Å². The van der Waals surface area contributed by atoms with E-state index in [9.17, 15) is 9.59 Å². The number of amides is 3. The summed E-state index contributed by atoms with van der Waals surface area (Å²) in [5.74, 6) is -0.506. The lowest BCUT2D eigenvalue weighted by molar-refractivity contribution is 0.0936. The van der Waals surface area contributed by atoms with Gasteiger partial charge in [-0.3, -0.25) is 10.2 Å². The van der Waals surface area contributed by atoms with E-state index in [0.29, 0.717) is 4.67 Å². The Balaban J connectivity index is 2.54. The normalized spacial score (nSPS) is 9.31. The molecule has 0 aliphatic heterocycles. The van der Waals surface area contributed by atoms with Crippen molar-refractivity contribution in [2.45, 2.75) is 0 Å². The molecule has 0 unspecified atom stereocenters. The number of rotatable bonds is 1. The summed E-state index contributed by atoms with van der Waals surface area (Å²) in [5, 5.41) is 0. The number of hydrazine groups is 1. The van der Waals surface area contributed by atoms with Crippen molar-refractivity contribution in [1.29, 1.82) is 0 Å². The van der Waals surface area contributed by atoms with E-state index in [1.807, 2.05) is 5.43 Å². The van der Waals surface area contributed by atoms with Crippen LogP contribution in [0.4, 0.5) is 4.79 Å². The molecular weight excluding hydrogens is 242 g/mol. The van der Waals surface area contributed by atoms with Crippen LogP contribution in [-0.4, -0.2) is 11.9 Å². The van der Waals surface area contributed by atoms with Gasteiger partial charge >= 0.3 is 6.03 Å². The topological polar surface area (TPSA) is 97.4 Å². The number of nitrogens with two attached hydrogens (primary N) is 1. The van der Waals surface area contributed by atoms with E-state index >= 15 is 0 Å². The molecule has 13 heavy (non-hydrogen) atoms. The molecule has 1 aromatic rings. The maximum absolute atomic E-state index is 11.1. The Labute approximate surface area is 81.6 Å². The van der Waals surface area contributed by atoms with Gasteiger partial charge in [-0.05, 0) is 15.9 Å². The molecule has 0 radical (unpaired) electrons. The maximum Gasteiger partial charge on any atom is 0.330 e. The van der Waals surface area contributed by atoms with Gasteiger partial charge in [0.2, 0.25) is 0 Å². The third kappa shape index (κ3) is 2.79. The Hall–Kier alpha value is -1.50. The molecule has 0 fully saturated rings. The van der Waals surface area contributed by atoms with Crippen LogP contribution in [0.15, 0.2) is 21.4 Å². The second-order valence-electron chi connectivity index (χ2n) is 2.08. The van der Waals surface area contributed by atoms with Crippen molar-refractivity contribution in [2.75, 3.05) is 0 Å². The SMILES string of the molecule is NC(=O)NNC(=O)c1coc(Br)c1. The summed E-state index contributed by atoms with van der Waals surface area (Å²) in [7, 11) is 0. The summed E-state index contributed by atoms with van der Waals surface area (Å²) in [6, 6.07) is 0.619. The van der Waals surface area contributed by atoms with E-state index in [1.54, 1.807) is 0 Å². The zero-order valence-electron chi connectivity index (χ0n) is 6.33. The first-order valence-electron chi connectivity index (χ1n) is 3.19. The Morgan fingerprint density at radius 1 is 1.46 bits per heavy atom. The number of carbonyl (C=O) groups excluding carboxylic acids is 2. The largest absolute Gasteiger partial charge is 0.457 e. The zero-order chi connectivity index (χ0) is 9.84. The van der Waals surface area contributed by atoms with Gasteiger partial charge in [0.1, 0.15) is 6.26 Å². The summed E-state index contributed by atoms with van der Waals surface area (Å²) in [6.07, 6.45) is 1.24. The van der Waals surface area contributed by atoms with E-state index in [2.05, 4.69) is 21.4 Å². The van der Waals surface area contributed by atoms with Gasteiger partial charge < -0.3 is 10.2 Å². The molecule has 70 valence electrons. The molecule has 0 aromatic carbocycles. The minimum atomic E-state index is -0.837. The molecule has 1 aromatic heterocycles. The standard InChI is InChI=1S/C6H6BrN3O3/c7-4-1-3(2-13-4)5(11)9-10-6(8)12/h1-2H,(H,9,11)(H3,8,10,12). The number of nitrogens with one attached hydrogen (secondary N) is 2. The van der Waals surface area contributed by atoms with E-state index in [-0.39, 0.29) is 5.56 Å². The van der Waals surface area contributed by atoms with Crippen LogP contribution in [-0.2, 0) is 0 Å². The van der Waals surface area contributed by atoms with Gasteiger partial charge in [0, 0.05) is 6.07 Å². The first-order valence-corrected chi connectivity index (χ1v) is 3.98. The highest BCUT2D eigenvalue weighted by atomic mass is 79.9. The van der Waals surface area contributed by atoms with Gasteiger partial charge in [0.05, 0.1) is 5.56 Å². The molecule has 0 bridgehead atoms. The molecule has 0 aliphatic carbocycles. The highest BCUT2D eigenvalue weighted by Crippen LogP contribution is 2.13. The highest BCUT2D eigenvalue weighted by Gasteiger charge is 2.08. The van der Waals surface area contributed by atoms with Crippen LogP contribution in [0, 0.1) is 0 Å². The fraction of sp³-hybridized carbons (Fsp3) is 0. The summed E-state index contributed by atoms with van der Waals surface area (Å²) >= 11 is 3.02. The first kappa shape index (κ1) is 9.59. The quantitative estimate of drug-likeness (QED) is 0.625. The predicted octanol–water partition coefficient (Wildman–Crippen LogP) is 0.355. The second-order valence-corrected chi connectivity index (χ2v) is 2.86. The molecule has 0 atom stereocenters. The Morgan fingerprint density at radius 3 is 2.62 bits per heavy atom. The fourth-order valence-corrected chi connectivity index (χ4v) is 0.960. The van der Waals surface area contributed by atoms with Crippen molar-refractivity contribution in [1.82, 2.24) is 10.9 Å².